The first-order valence-corrected chi connectivity index (χ1v) is 21.5. The number of likely N-dealkylation sites (N-methyl/N-ethyl adjacent to an activating group) is 2. The molecule has 4 heterocycles. The minimum absolute atomic E-state index is 0. The minimum atomic E-state index is -1.02. The number of aromatic amines is 1. The van der Waals surface area contributed by atoms with Gasteiger partial charge in [0.15, 0.2) is 0 Å². The number of aromatic nitrogens is 2. The number of nitrogens with one attached hydrogen (secondary N) is 1. The number of rotatable bonds is 5. The maximum Gasteiger partial charge on any atom is 0.343 e. The van der Waals surface area contributed by atoms with E-state index in [2.05, 4.69) is 47.1 Å². The summed E-state index contributed by atoms with van der Waals surface area (Å²) in [5.41, 5.74) is 4.20. The first kappa shape index (κ1) is 44.3. The highest BCUT2D eigenvalue weighted by atomic mass is 16.5. The molecule has 14 nitrogen and oxygen atoms in total. The zero-order valence-electron chi connectivity index (χ0n) is 36.6. The van der Waals surface area contributed by atoms with Gasteiger partial charge in [-0.2, -0.15) is 0 Å². The normalized spacial score (nSPS) is 28.4. The molecule has 0 amide bonds. The second kappa shape index (κ2) is 15.8. The zero-order chi connectivity index (χ0) is 44.1. The molecule has 2 aromatic carbocycles. The topological polar surface area (TPSA) is 173 Å². The van der Waals surface area contributed by atoms with Crippen LogP contribution in [0.15, 0.2) is 58.1 Å². The summed E-state index contributed by atoms with van der Waals surface area (Å²) in [4.78, 5) is 57.5. The number of carbonyl (C=O) groups excluding carboxylic acids is 2. The number of aliphatic hydroxyl groups is 2. The lowest BCUT2D eigenvalue weighted by Crippen LogP contribution is -2.73. The van der Waals surface area contributed by atoms with E-state index in [0.717, 1.165) is 83.9 Å². The van der Waals surface area contributed by atoms with Crippen LogP contribution in [0.2, 0.25) is 0 Å². The average Bonchev–Trinajstić information content (AvgIpc) is 3.26. The fraction of sp³-hybridized carbons (Fsp3) is 0.510. The lowest BCUT2D eigenvalue weighted by molar-refractivity contribution is -0.145. The van der Waals surface area contributed by atoms with Crippen LogP contribution in [0.4, 0.5) is 0 Å². The number of piperidine rings is 2. The number of methoxy groups -OCH3 is 4. The molecule has 3 N–H and O–H groups in total. The van der Waals surface area contributed by atoms with Crippen LogP contribution in [0, 0.1) is 0 Å². The number of hydrogen-bond acceptors (Lipinski definition) is 12. The summed E-state index contributed by atoms with van der Waals surface area (Å²) in [6, 6.07) is 15.4. The van der Waals surface area contributed by atoms with Gasteiger partial charge in [-0.1, -0.05) is 19.6 Å². The largest absolute Gasteiger partial charge is 0.497 e. The molecule has 4 aromatic rings. The lowest BCUT2D eigenvalue weighted by Gasteiger charge is -2.63. The van der Waals surface area contributed by atoms with Crippen molar-refractivity contribution in [3.8, 4) is 11.5 Å². The van der Waals surface area contributed by atoms with Crippen LogP contribution >= 0.6 is 0 Å². The third-order valence-corrected chi connectivity index (χ3v) is 15.8. The summed E-state index contributed by atoms with van der Waals surface area (Å²) >= 11 is 0. The van der Waals surface area contributed by atoms with Crippen molar-refractivity contribution >= 4 is 11.9 Å². The Morgan fingerprint density at radius 3 is 1.70 bits per heavy atom. The molecule has 0 unspecified atom stereocenters. The Morgan fingerprint density at radius 1 is 0.698 bits per heavy atom. The predicted molar refractivity (Wildman–Crippen MR) is 236 cm³/mol. The van der Waals surface area contributed by atoms with Gasteiger partial charge in [-0.15, -0.1) is 0 Å². The SMILES string of the molecule is C.CCn1c2c(cc(C(=O)OC)c1=O)C[C@@]1(O)[C@H]3Cc4ccc(OC)cc4[C@@]1(CCN3C)C2.COC(=O)c1cc2c([nH]c1=O)C[C@]13CCN(C)[C@H](Cc4ccc(OC)cc41)[C@]3(O)C2. The van der Waals surface area contributed by atoms with Crippen LogP contribution in [-0.4, -0.2) is 120 Å². The smallest absolute Gasteiger partial charge is 0.343 e. The van der Waals surface area contributed by atoms with E-state index >= 15 is 0 Å². The maximum atomic E-state index is 13.2. The van der Waals surface area contributed by atoms with Gasteiger partial charge in [0.1, 0.15) is 22.6 Å². The van der Waals surface area contributed by atoms with Crippen molar-refractivity contribution in [2.45, 2.75) is 106 Å². The standard InChI is InChI=1S/C25H30N2O5.C23H26N2O5.CH4/c1-5-27-20-14-24-8-9-26(2)21(11-15-6-7-17(31-3)12-19(15)24)25(24,30)13-16(20)10-18(22(27)28)23(29)32-4;1-25-7-6-22-12-18-14(8-16(20(26)24-18)21(27)30-3)11-23(22,28)19(25)9-13-4-5-15(29-2)10-17(13)22;/h6-7,10,12,21,30H,5,8-9,11,13-14H2,1-4H3;4-5,8,10,19,28H,6-7,9,11-12H2,1-3H3,(H,24,26);1H4/t21-,24-,25-;19-,22-,23-;/m11./s1. The minimum Gasteiger partial charge on any atom is -0.497 e. The summed E-state index contributed by atoms with van der Waals surface area (Å²) in [6.07, 6.45) is 4.88. The van der Waals surface area contributed by atoms with Crippen LogP contribution in [0.1, 0.15) is 92.7 Å². The van der Waals surface area contributed by atoms with Crippen molar-refractivity contribution in [3.63, 3.8) is 0 Å². The van der Waals surface area contributed by atoms with E-state index in [-0.39, 0.29) is 36.2 Å². The Morgan fingerprint density at radius 2 is 1.19 bits per heavy atom. The highest BCUT2D eigenvalue weighted by Crippen LogP contribution is 2.58. The summed E-state index contributed by atoms with van der Waals surface area (Å²) < 4.78 is 22.3. The molecule has 2 fully saturated rings. The van der Waals surface area contributed by atoms with Crippen molar-refractivity contribution in [2.75, 3.05) is 55.6 Å². The molecule has 2 saturated heterocycles. The van der Waals surface area contributed by atoms with Crippen molar-refractivity contribution < 1.29 is 38.7 Å². The first-order valence-electron chi connectivity index (χ1n) is 21.5. The monoisotopic (exact) mass is 864 g/mol. The third-order valence-electron chi connectivity index (χ3n) is 15.8. The van der Waals surface area contributed by atoms with Gasteiger partial charge in [-0.05, 0) is 130 Å². The van der Waals surface area contributed by atoms with E-state index in [1.54, 1.807) is 30.9 Å². The summed E-state index contributed by atoms with van der Waals surface area (Å²) in [5.74, 6) is 0.242. The molecule has 0 spiro atoms. The van der Waals surface area contributed by atoms with E-state index in [9.17, 15) is 29.4 Å². The second-order valence-electron chi connectivity index (χ2n) is 18.2. The Hall–Kier alpha value is -5.28. The number of nitrogens with zero attached hydrogens (tertiary/aromatic N) is 3. The molecule has 4 aliphatic carbocycles. The van der Waals surface area contributed by atoms with Gasteiger partial charge in [-0.25, -0.2) is 9.59 Å². The highest BCUT2D eigenvalue weighted by Gasteiger charge is 2.65. The van der Waals surface area contributed by atoms with Crippen molar-refractivity contribution in [1.82, 2.24) is 19.4 Å². The number of hydrogen-bond donors (Lipinski definition) is 3. The number of esters is 2. The van der Waals surface area contributed by atoms with Crippen LogP contribution in [-0.2, 0) is 65.4 Å². The number of benzene rings is 2. The average molecular weight is 865 g/mol. The summed E-state index contributed by atoms with van der Waals surface area (Å²) in [6.45, 7) is 4.10. The molecule has 336 valence electrons. The predicted octanol–water partition coefficient (Wildman–Crippen LogP) is 3.53. The van der Waals surface area contributed by atoms with Gasteiger partial charge in [0.25, 0.3) is 11.1 Å². The van der Waals surface area contributed by atoms with Crippen molar-refractivity contribution in [1.29, 1.82) is 0 Å². The van der Waals surface area contributed by atoms with E-state index in [4.69, 9.17) is 18.9 Å². The van der Waals surface area contributed by atoms with Crippen LogP contribution in [0.5, 0.6) is 11.5 Å². The first-order chi connectivity index (χ1) is 29.6. The summed E-state index contributed by atoms with van der Waals surface area (Å²) in [7, 11) is 9.98. The maximum absolute atomic E-state index is 13.2. The van der Waals surface area contributed by atoms with Crippen LogP contribution in [0.25, 0.3) is 0 Å². The van der Waals surface area contributed by atoms with Gasteiger partial charge in [0.05, 0.1) is 39.6 Å². The number of pyridine rings is 2. The van der Waals surface area contributed by atoms with Crippen LogP contribution in [0.3, 0.4) is 0 Å². The molecule has 6 aliphatic rings. The van der Waals surface area contributed by atoms with Crippen LogP contribution < -0.4 is 20.6 Å². The van der Waals surface area contributed by atoms with E-state index < -0.39 is 39.5 Å². The highest BCUT2D eigenvalue weighted by molar-refractivity contribution is 5.89. The van der Waals surface area contributed by atoms with Crippen molar-refractivity contribution in [2.24, 2.45) is 0 Å². The molecule has 4 bridgehead atoms. The number of ether oxygens (including phenoxy) is 4. The molecule has 63 heavy (non-hydrogen) atoms. The molecular formula is C49H60N4O10. The molecule has 10 rings (SSSR count). The van der Waals surface area contributed by atoms with Gasteiger partial charge < -0.3 is 48.5 Å². The molecule has 2 aromatic heterocycles. The number of likely N-dealkylation sites (tertiary alicyclic amines) is 2. The Labute approximate surface area is 367 Å². The second-order valence-corrected chi connectivity index (χ2v) is 18.2. The number of H-pyrrole nitrogens is 1. The quantitative estimate of drug-likeness (QED) is 0.250. The van der Waals surface area contributed by atoms with E-state index in [1.165, 1.54) is 25.3 Å². The van der Waals surface area contributed by atoms with E-state index in [1.807, 2.05) is 25.1 Å². The number of carbonyl (C=O) groups is 2. The molecule has 0 saturated carbocycles. The summed E-state index contributed by atoms with van der Waals surface area (Å²) in [5, 5.41) is 24.7. The Balaban J connectivity index is 0.000000170. The van der Waals surface area contributed by atoms with Gasteiger partial charge in [0.2, 0.25) is 0 Å². The van der Waals surface area contributed by atoms with Gasteiger partial charge in [0, 0.05) is 66.5 Å². The zero-order valence-corrected chi connectivity index (χ0v) is 36.6. The third kappa shape index (κ3) is 6.26. The molecular weight excluding hydrogens is 805 g/mol. The Bertz CT molecular complexity index is 2640. The van der Waals surface area contributed by atoms with Gasteiger partial charge >= 0.3 is 11.9 Å². The van der Waals surface area contributed by atoms with Gasteiger partial charge in [-0.3, -0.25) is 9.59 Å². The Kier molecular flexibility index (Phi) is 11.1. The molecule has 14 heteroatoms. The fourth-order valence-corrected chi connectivity index (χ4v) is 12.6. The van der Waals surface area contributed by atoms with Crippen molar-refractivity contribution in [3.05, 3.63) is 125 Å². The van der Waals surface area contributed by atoms with E-state index in [0.29, 0.717) is 32.2 Å². The lowest BCUT2D eigenvalue weighted by atomic mass is 9.49. The number of fused-ring (bicyclic) bond motifs is 4. The molecule has 0 radical (unpaired) electrons. The molecule has 2 aliphatic heterocycles. The fourth-order valence-electron chi connectivity index (χ4n) is 12.6. The molecule has 6 atom stereocenters.